The molecule has 1 aromatic heterocycles. The van der Waals surface area contributed by atoms with Crippen molar-refractivity contribution in [3.8, 4) is 0 Å². The van der Waals surface area contributed by atoms with Crippen LogP contribution in [0.1, 0.15) is 19.8 Å². The Balaban J connectivity index is 1.79. The van der Waals surface area contributed by atoms with Crippen LogP contribution in [0.15, 0.2) is 30.5 Å². The summed E-state index contributed by atoms with van der Waals surface area (Å²) in [6.07, 6.45) is 3.91. The summed E-state index contributed by atoms with van der Waals surface area (Å²) in [5, 5.41) is 7.04. The maximum Gasteiger partial charge on any atom is 0.242 e. The lowest BCUT2D eigenvalue weighted by atomic mass is 10.1. The molecule has 20 heavy (non-hydrogen) atoms. The molecule has 1 aromatic carbocycles. The van der Waals surface area contributed by atoms with Gasteiger partial charge >= 0.3 is 0 Å². The molecule has 0 bridgehead atoms. The number of hydrogen-bond acceptors (Lipinski definition) is 4. The van der Waals surface area contributed by atoms with Gasteiger partial charge in [0.2, 0.25) is 5.91 Å². The van der Waals surface area contributed by atoms with Crippen molar-refractivity contribution in [3.63, 3.8) is 0 Å². The molecule has 2 aromatic rings. The highest BCUT2D eigenvalue weighted by atomic mass is 16.2. The Morgan fingerprint density at radius 3 is 2.95 bits per heavy atom. The van der Waals surface area contributed by atoms with Gasteiger partial charge in [-0.2, -0.15) is 0 Å². The highest BCUT2D eigenvalue weighted by Crippen LogP contribution is 2.28. The fourth-order valence-electron chi connectivity index (χ4n) is 2.15. The van der Waals surface area contributed by atoms with Gasteiger partial charge in [0, 0.05) is 17.6 Å². The van der Waals surface area contributed by atoms with Crippen molar-refractivity contribution >= 4 is 28.2 Å². The topological polar surface area (TPSA) is 80.0 Å². The van der Waals surface area contributed by atoms with Crippen LogP contribution in [0.4, 0.5) is 11.4 Å². The highest BCUT2D eigenvalue weighted by Gasteiger charge is 2.25. The number of amides is 1. The lowest BCUT2D eigenvalue weighted by Gasteiger charge is -2.17. The molecule has 1 aliphatic carbocycles. The summed E-state index contributed by atoms with van der Waals surface area (Å²) >= 11 is 0. The maximum absolute atomic E-state index is 11.9. The van der Waals surface area contributed by atoms with E-state index in [0.29, 0.717) is 11.7 Å². The third-order valence-corrected chi connectivity index (χ3v) is 3.52. The van der Waals surface area contributed by atoms with Gasteiger partial charge in [0.05, 0.1) is 16.9 Å². The summed E-state index contributed by atoms with van der Waals surface area (Å²) in [5.41, 5.74) is 8.39. The first-order valence-electron chi connectivity index (χ1n) is 6.85. The SMILES string of the molecule is CC(Nc1ccc2ncccc2c1N)C(=O)NC1CC1. The number of hydrogen-bond donors (Lipinski definition) is 3. The van der Waals surface area contributed by atoms with Crippen molar-refractivity contribution in [2.45, 2.75) is 31.8 Å². The first-order chi connectivity index (χ1) is 9.65. The van der Waals surface area contributed by atoms with E-state index >= 15 is 0 Å². The summed E-state index contributed by atoms with van der Waals surface area (Å²) < 4.78 is 0. The molecular weight excluding hydrogens is 252 g/mol. The van der Waals surface area contributed by atoms with Gasteiger partial charge < -0.3 is 16.4 Å². The van der Waals surface area contributed by atoms with Crippen LogP contribution in [0.5, 0.6) is 0 Å². The van der Waals surface area contributed by atoms with Crippen LogP contribution in [-0.4, -0.2) is 23.0 Å². The molecule has 0 saturated heterocycles. The third kappa shape index (κ3) is 2.52. The van der Waals surface area contributed by atoms with Crippen LogP contribution in [0.3, 0.4) is 0 Å². The summed E-state index contributed by atoms with van der Waals surface area (Å²) in [4.78, 5) is 16.2. The molecule has 0 aliphatic heterocycles. The van der Waals surface area contributed by atoms with E-state index < -0.39 is 0 Å². The largest absolute Gasteiger partial charge is 0.397 e. The molecule has 1 aliphatic rings. The summed E-state index contributed by atoms with van der Waals surface area (Å²) in [6.45, 7) is 1.84. The second-order valence-electron chi connectivity index (χ2n) is 5.25. The van der Waals surface area contributed by atoms with E-state index in [-0.39, 0.29) is 11.9 Å². The fourth-order valence-corrected chi connectivity index (χ4v) is 2.15. The molecule has 1 heterocycles. The average Bonchev–Trinajstić information content (AvgIpc) is 3.26. The van der Waals surface area contributed by atoms with Gasteiger partial charge in [0.1, 0.15) is 6.04 Å². The molecule has 1 unspecified atom stereocenters. The van der Waals surface area contributed by atoms with Crippen LogP contribution >= 0.6 is 0 Å². The van der Waals surface area contributed by atoms with E-state index in [2.05, 4.69) is 15.6 Å². The molecule has 0 spiro atoms. The molecule has 0 radical (unpaired) electrons. The van der Waals surface area contributed by atoms with Crippen LogP contribution in [0.25, 0.3) is 10.9 Å². The second kappa shape index (κ2) is 5.00. The highest BCUT2D eigenvalue weighted by molar-refractivity contribution is 5.98. The maximum atomic E-state index is 11.9. The number of nitrogens with two attached hydrogens (primary N) is 1. The Kier molecular flexibility index (Phi) is 3.18. The molecule has 5 heteroatoms. The quantitative estimate of drug-likeness (QED) is 0.741. The fraction of sp³-hybridized carbons (Fsp3) is 0.333. The van der Waals surface area contributed by atoms with Gasteiger partial charge in [0.15, 0.2) is 0 Å². The van der Waals surface area contributed by atoms with Gasteiger partial charge in [-0.1, -0.05) is 0 Å². The number of benzene rings is 1. The number of nitrogens with one attached hydrogen (secondary N) is 2. The van der Waals surface area contributed by atoms with Crippen LogP contribution in [0.2, 0.25) is 0 Å². The number of pyridine rings is 1. The molecule has 1 saturated carbocycles. The Morgan fingerprint density at radius 2 is 2.20 bits per heavy atom. The predicted octanol–water partition coefficient (Wildman–Crippen LogP) is 1.90. The van der Waals surface area contributed by atoms with Crippen LogP contribution < -0.4 is 16.4 Å². The molecule has 4 N–H and O–H groups in total. The van der Waals surface area contributed by atoms with Crippen molar-refractivity contribution in [1.82, 2.24) is 10.3 Å². The lowest BCUT2D eigenvalue weighted by molar-refractivity contribution is -0.121. The Labute approximate surface area is 117 Å². The average molecular weight is 270 g/mol. The molecule has 3 rings (SSSR count). The minimum absolute atomic E-state index is 0.0122. The number of fused-ring (bicyclic) bond motifs is 1. The van der Waals surface area contributed by atoms with E-state index in [0.717, 1.165) is 29.4 Å². The van der Waals surface area contributed by atoms with E-state index in [9.17, 15) is 4.79 Å². The molecular formula is C15H18N4O. The third-order valence-electron chi connectivity index (χ3n) is 3.52. The van der Waals surface area contributed by atoms with Crippen LogP contribution in [-0.2, 0) is 4.79 Å². The number of carbonyl (C=O) groups is 1. The first kappa shape index (κ1) is 12.7. The van der Waals surface area contributed by atoms with Gasteiger partial charge in [-0.3, -0.25) is 9.78 Å². The van der Waals surface area contributed by atoms with E-state index in [4.69, 9.17) is 5.73 Å². The Hall–Kier alpha value is -2.30. The number of nitrogens with zero attached hydrogens (tertiary/aromatic N) is 1. The molecule has 1 fully saturated rings. The summed E-state index contributed by atoms with van der Waals surface area (Å²) in [5.74, 6) is 0.0122. The van der Waals surface area contributed by atoms with Crippen molar-refractivity contribution in [2.75, 3.05) is 11.1 Å². The number of carbonyl (C=O) groups excluding carboxylic acids is 1. The smallest absolute Gasteiger partial charge is 0.242 e. The van der Waals surface area contributed by atoms with E-state index in [1.807, 2.05) is 31.2 Å². The molecule has 1 amide bonds. The number of rotatable bonds is 4. The molecule has 1 atom stereocenters. The van der Waals surface area contributed by atoms with Gasteiger partial charge in [0.25, 0.3) is 0 Å². The van der Waals surface area contributed by atoms with Gasteiger partial charge in [-0.15, -0.1) is 0 Å². The van der Waals surface area contributed by atoms with Crippen molar-refractivity contribution in [3.05, 3.63) is 30.5 Å². The minimum Gasteiger partial charge on any atom is -0.397 e. The monoisotopic (exact) mass is 270 g/mol. The van der Waals surface area contributed by atoms with E-state index in [1.54, 1.807) is 6.20 Å². The van der Waals surface area contributed by atoms with Crippen molar-refractivity contribution in [1.29, 1.82) is 0 Å². The predicted molar refractivity (Wildman–Crippen MR) is 80.4 cm³/mol. The molecule has 5 nitrogen and oxygen atoms in total. The minimum atomic E-state index is -0.313. The molecule has 104 valence electrons. The Morgan fingerprint density at radius 1 is 1.40 bits per heavy atom. The standard InChI is InChI=1S/C15H18N4O/c1-9(15(20)19-10-4-5-10)18-13-7-6-12-11(14(13)16)3-2-8-17-12/h2-3,6-10,18H,4-5,16H2,1H3,(H,19,20). The second-order valence-corrected chi connectivity index (χ2v) is 5.25. The number of nitrogen functional groups attached to an aromatic ring is 1. The zero-order valence-electron chi connectivity index (χ0n) is 11.4. The Bertz CT molecular complexity index is 651. The van der Waals surface area contributed by atoms with Crippen LogP contribution in [0, 0.1) is 0 Å². The van der Waals surface area contributed by atoms with Gasteiger partial charge in [-0.05, 0) is 44.0 Å². The number of aromatic nitrogens is 1. The summed E-state index contributed by atoms with van der Waals surface area (Å²) in [7, 11) is 0. The zero-order chi connectivity index (χ0) is 14.1. The normalized spacial score (nSPS) is 15.8. The number of anilines is 2. The van der Waals surface area contributed by atoms with Crippen molar-refractivity contribution in [2.24, 2.45) is 0 Å². The summed E-state index contributed by atoms with van der Waals surface area (Å²) in [6, 6.07) is 7.60. The van der Waals surface area contributed by atoms with E-state index in [1.165, 1.54) is 0 Å². The first-order valence-corrected chi connectivity index (χ1v) is 6.85. The lowest BCUT2D eigenvalue weighted by Crippen LogP contribution is -2.38. The van der Waals surface area contributed by atoms with Crippen molar-refractivity contribution < 1.29 is 4.79 Å². The zero-order valence-corrected chi connectivity index (χ0v) is 11.4. The van der Waals surface area contributed by atoms with Gasteiger partial charge in [-0.25, -0.2) is 0 Å².